The van der Waals surface area contributed by atoms with Crippen molar-refractivity contribution in [2.45, 2.75) is 26.7 Å². The second kappa shape index (κ2) is 6.02. The Hall–Kier alpha value is -2.61. The number of aromatic nitrogens is 2. The minimum Gasteiger partial charge on any atom is -0.383 e. The maximum Gasteiger partial charge on any atom is 0.139 e. The van der Waals surface area contributed by atoms with Crippen molar-refractivity contribution in [3.8, 4) is 6.07 Å². The maximum atomic E-state index is 8.79. The van der Waals surface area contributed by atoms with Gasteiger partial charge < -0.3 is 11.1 Å². The van der Waals surface area contributed by atoms with Crippen LogP contribution >= 0.6 is 0 Å². The van der Waals surface area contributed by atoms with Crippen LogP contribution in [0.4, 0.5) is 17.3 Å². The first-order valence-electron chi connectivity index (χ1n) is 6.54. The molecule has 0 unspecified atom stereocenters. The summed E-state index contributed by atoms with van der Waals surface area (Å²) >= 11 is 0. The first kappa shape index (κ1) is 13.8. The first-order valence-corrected chi connectivity index (χ1v) is 6.54. The molecule has 0 saturated carbocycles. The molecule has 1 aromatic carbocycles. The largest absolute Gasteiger partial charge is 0.383 e. The van der Waals surface area contributed by atoms with Crippen LogP contribution in [-0.2, 0) is 6.42 Å². The molecule has 0 bridgehead atoms. The molecule has 1 heterocycles. The Kier molecular flexibility index (Phi) is 4.16. The highest BCUT2D eigenvalue weighted by molar-refractivity contribution is 5.64. The van der Waals surface area contributed by atoms with E-state index in [0.717, 1.165) is 29.9 Å². The molecule has 20 heavy (non-hydrogen) atoms. The third kappa shape index (κ3) is 3.04. The van der Waals surface area contributed by atoms with Crippen LogP contribution in [0.1, 0.15) is 30.3 Å². The van der Waals surface area contributed by atoms with Crippen LogP contribution < -0.4 is 11.1 Å². The number of hydrogen-bond donors (Lipinski definition) is 2. The highest BCUT2D eigenvalue weighted by Gasteiger charge is 2.08. The number of nitrogens with zero attached hydrogens (tertiary/aromatic N) is 3. The number of hydrogen-bond acceptors (Lipinski definition) is 5. The topological polar surface area (TPSA) is 87.6 Å². The van der Waals surface area contributed by atoms with Gasteiger partial charge in [-0.1, -0.05) is 6.92 Å². The van der Waals surface area contributed by atoms with Gasteiger partial charge in [0.25, 0.3) is 0 Å². The lowest BCUT2D eigenvalue weighted by molar-refractivity contribution is 0.836. The van der Waals surface area contributed by atoms with Crippen molar-refractivity contribution in [2.75, 3.05) is 11.1 Å². The summed E-state index contributed by atoms with van der Waals surface area (Å²) < 4.78 is 0. The van der Waals surface area contributed by atoms with Crippen molar-refractivity contribution in [3.05, 3.63) is 41.2 Å². The van der Waals surface area contributed by atoms with Gasteiger partial charge in [-0.15, -0.1) is 0 Å². The van der Waals surface area contributed by atoms with Crippen molar-refractivity contribution in [1.82, 2.24) is 9.97 Å². The summed E-state index contributed by atoms with van der Waals surface area (Å²) in [6, 6.07) is 9.30. The molecule has 1 aromatic heterocycles. The zero-order valence-corrected chi connectivity index (χ0v) is 11.6. The molecule has 0 fully saturated rings. The Morgan fingerprint density at radius 2 is 1.95 bits per heavy atom. The number of nitrogens with two attached hydrogens (primary N) is 1. The quantitative estimate of drug-likeness (QED) is 0.889. The second-order valence-electron chi connectivity index (χ2n) is 4.56. The molecule has 0 amide bonds. The van der Waals surface area contributed by atoms with Crippen LogP contribution in [0.5, 0.6) is 0 Å². The lowest BCUT2D eigenvalue weighted by Gasteiger charge is -2.11. The summed E-state index contributed by atoms with van der Waals surface area (Å²) in [5, 5.41) is 12.0. The first-order chi connectivity index (χ1) is 9.63. The lowest BCUT2D eigenvalue weighted by Crippen LogP contribution is -2.07. The predicted octanol–water partition coefficient (Wildman–Crippen LogP) is 2.94. The van der Waals surface area contributed by atoms with E-state index < -0.39 is 0 Å². The number of nitriles is 1. The van der Waals surface area contributed by atoms with Gasteiger partial charge in [-0.3, -0.25) is 0 Å². The molecule has 0 saturated heterocycles. The van der Waals surface area contributed by atoms with Gasteiger partial charge in [0.05, 0.1) is 11.6 Å². The SMILES string of the molecule is CCCc1nc(N)c(C)c(Nc2ccc(C#N)cc2)n1. The fourth-order valence-corrected chi connectivity index (χ4v) is 1.80. The zero-order valence-electron chi connectivity index (χ0n) is 11.6. The van der Waals surface area contributed by atoms with Crippen LogP contribution in [0.15, 0.2) is 24.3 Å². The van der Waals surface area contributed by atoms with Gasteiger partial charge in [-0.05, 0) is 37.6 Å². The molecule has 102 valence electrons. The molecular formula is C15H17N5. The lowest BCUT2D eigenvalue weighted by atomic mass is 10.2. The Morgan fingerprint density at radius 3 is 2.55 bits per heavy atom. The molecule has 0 aliphatic heterocycles. The molecule has 3 N–H and O–H groups in total. The fraction of sp³-hybridized carbons (Fsp3) is 0.267. The average Bonchev–Trinajstić information content (AvgIpc) is 2.45. The van der Waals surface area contributed by atoms with Gasteiger partial charge in [0, 0.05) is 17.7 Å². The average molecular weight is 267 g/mol. The summed E-state index contributed by atoms with van der Waals surface area (Å²) in [5.41, 5.74) is 8.24. The number of rotatable bonds is 4. The van der Waals surface area contributed by atoms with E-state index >= 15 is 0 Å². The monoisotopic (exact) mass is 267 g/mol. The molecule has 0 spiro atoms. The van der Waals surface area contributed by atoms with Crippen molar-refractivity contribution in [3.63, 3.8) is 0 Å². The van der Waals surface area contributed by atoms with Crippen LogP contribution in [-0.4, -0.2) is 9.97 Å². The Labute approximate surface area is 118 Å². The fourth-order valence-electron chi connectivity index (χ4n) is 1.80. The van der Waals surface area contributed by atoms with Crippen molar-refractivity contribution in [1.29, 1.82) is 5.26 Å². The molecule has 0 aliphatic carbocycles. The van der Waals surface area contributed by atoms with Gasteiger partial charge in [0.15, 0.2) is 0 Å². The summed E-state index contributed by atoms with van der Waals surface area (Å²) in [7, 11) is 0. The van der Waals surface area contributed by atoms with Gasteiger partial charge in [-0.2, -0.15) is 5.26 Å². The Morgan fingerprint density at radius 1 is 1.25 bits per heavy atom. The van der Waals surface area contributed by atoms with Crippen molar-refractivity contribution >= 4 is 17.3 Å². The molecule has 0 radical (unpaired) electrons. The zero-order chi connectivity index (χ0) is 14.5. The summed E-state index contributed by atoms with van der Waals surface area (Å²) in [6.07, 6.45) is 1.77. The highest BCUT2D eigenvalue weighted by Crippen LogP contribution is 2.22. The van der Waals surface area contributed by atoms with Gasteiger partial charge in [-0.25, -0.2) is 9.97 Å². The van der Waals surface area contributed by atoms with Gasteiger partial charge in [0.1, 0.15) is 17.5 Å². The number of nitrogen functional groups attached to an aromatic ring is 1. The number of anilines is 3. The van der Waals surface area contributed by atoms with Crippen LogP contribution in [0, 0.1) is 18.3 Å². The van der Waals surface area contributed by atoms with Crippen LogP contribution in [0.25, 0.3) is 0 Å². The van der Waals surface area contributed by atoms with E-state index in [4.69, 9.17) is 11.0 Å². The van der Waals surface area contributed by atoms with E-state index in [0.29, 0.717) is 17.2 Å². The van der Waals surface area contributed by atoms with Gasteiger partial charge >= 0.3 is 0 Å². The van der Waals surface area contributed by atoms with E-state index in [-0.39, 0.29) is 0 Å². The Balaban J connectivity index is 2.29. The highest BCUT2D eigenvalue weighted by atomic mass is 15.1. The number of benzene rings is 1. The molecule has 2 aromatic rings. The minimum atomic E-state index is 0.500. The van der Waals surface area contributed by atoms with Crippen molar-refractivity contribution in [2.24, 2.45) is 0 Å². The smallest absolute Gasteiger partial charge is 0.139 e. The molecule has 0 atom stereocenters. The molecule has 2 rings (SSSR count). The maximum absolute atomic E-state index is 8.79. The second-order valence-corrected chi connectivity index (χ2v) is 4.56. The van der Waals surface area contributed by atoms with Gasteiger partial charge in [0.2, 0.25) is 0 Å². The standard InChI is InChI=1S/C15H17N5/c1-3-4-13-19-14(17)10(2)15(20-13)18-12-7-5-11(9-16)6-8-12/h5-8H,3-4H2,1-2H3,(H3,17,18,19,20). The van der Waals surface area contributed by atoms with E-state index in [1.807, 2.05) is 19.1 Å². The number of aryl methyl sites for hydroxylation is 1. The molecule has 0 aliphatic rings. The summed E-state index contributed by atoms with van der Waals surface area (Å²) in [6.45, 7) is 3.96. The van der Waals surface area contributed by atoms with E-state index in [2.05, 4.69) is 28.3 Å². The van der Waals surface area contributed by atoms with Crippen LogP contribution in [0.3, 0.4) is 0 Å². The van der Waals surface area contributed by atoms with Crippen molar-refractivity contribution < 1.29 is 0 Å². The summed E-state index contributed by atoms with van der Waals surface area (Å²) in [4.78, 5) is 8.77. The summed E-state index contributed by atoms with van der Waals surface area (Å²) in [5.74, 6) is 1.96. The molecule has 5 nitrogen and oxygen atoms in total. The normalized spacial score (nSPS) is 10.1. The number of nitrogens with one attached hydrogen (secondary N) is 1. The van der Waals surface area contributed by atoms with Crippen LogP contribution in [0.2, 0.25) is 0 Å². The van der Waals surface area contributed by atoms with E-state index in [1.165, 1.54) is 0 Å². The Bertz CT molecular complexity index is 641. The minimum absolute atomic E-state index is 0.500. The van der Waals surface area contributed by atoms with E-state index in [9.17, 15) is 0 Å². The predicted molar refractivity (Wildman–Crippen MR) is 79.6 cm³/mol. The molecule has 5 heteroatoms. The third-order valence-electron chi connectivity index (χ3n) is 2.98. The molecular weight excluding hydrogens is 250 g/mol. The van der Waals surface area contributed by atoms with E-state index in [1.54, 1.807) is 12.1 Å². The third-order valence-corrected chi connectivity index (χ3v) is 2.98.